The third-order valence-corrected chi connectivity index (χ3v) is 6.11. The number of amides is 1. The zero-order valence-electron chi connectivity index (χ0n) is 19.2. The van der Waals surface area contributed by atoms with Crippen molar-refractivity contribution in [1.29, 1.82) is 0 Å². The summed E-state index contributed by atoms with van der Waals surface area (Å²) in [7, 11) is 3.96. The van der Waals surface area contributed by atoms with E-state index in [2.05, 4.69) is 20.0 Å². The summed E-state index contributed by atoms with van der Waals surface area (Å²) in [5, 5.41) is 4.58. The molecule has 5 rings (SSSR count). The maximum Gasteiger partial charge on any atom is 0.232 e. The van der Waals surface area contributed by atoms with Gasteiger partial charge in [-0.1, -0.05) is 12.1 Å². The molecule has 4 heterocycles. The lowest BCUT2D eigenvalue weighted by atomic mass is 10.1. The van der Waals surface area contributed by atoms with Crippen LogP contribution in [0.2, 0.25) is 0 Å². The van der Waals surface area contributed by atoms with E-state index in [1.54, 1.807) is 33.9 Å². The molecular weight excluding hydrogens is 435 g/mol. The minimum absolute atomic E-state index is 0.0737. The van der Waals surface area contributed by atoms with Crippen molar-refractivity contribution in [3.8, 4) is 17.1 Å². The molecule has 3 aromatic heterocycles. The molecule has 1 aliphatic heterocycles. The molecule has 0 saturated carbocycles. The standard InChI is InChI=1S/C25H25FN6O2/c1-16(17-5-4-6-19(26)11-17)34-24-10-9-23-28-14-21(32(23)29-24)18-7-8-22(27-13-18)31-15-20(30(2)3)12-25(31)33/h4-11,13-14,16,20H,12,15H2,1-3H3/t16-,20+/m1/s1. The second kappa shape index (κ2) is 8.83. The Morgan fingerprint density at radius 2 is 1.97 bits per heavy atom. The number of aromatic nitrogens is 4. The Bertz CT molecular complexity index is 1340. The number of anilines is 1. The molecule has 0 radical (unpaired) electrons. The number of ether oxygens (including phenoxy) is 1. The van der Waals surface area contributed by atoms with Crippen LogP contribution in [0.4, 0.5) is 10.2 Å². The molecule has 1 saturated heterocycles. The largest absolute Gasteiger partial charge is 0.469 e. The van der Waals surface area contributed by atoms with E-state index in [4.69, 9.17) is 4.74 Å². The van der Waals surface area contributed by atoms with Gasteiger partial charge in [0.25, 0.3) is 0 Å². The number of nitrogens with zero attached hydrogens (tertiary/aromatic N) is 6. The summed E-state index contributed by atoms with van der Waals surface area (Å²) >= 11 is 0. The molecule has 1 fully saturated rings. The molecule has 1 aromatic carbocycles. The normalized spacial score (nSPS) is 17.0. The molecule has 2 atom stereocenters. The van der Waals surface area contributed by atoms with E-state index >= 15 is 0 Å². The highest BCUT2D eigenvalue weighted by atomic mass is 19.1. The van der Waals surface area contributed by atoms with Crippen molar-refractivity contribution in [1.82, 2.24) is 24.5 Å². The smallest absolute Gasteiger partial charge is 0.232 e. The molecule has 0 unspecified atom stereocenters. The zero-order chi connectivity index (χ0) is 23.8. The first kappa shape index (κ1) is 22.0. The number of hydrogen-bond acceptors (Lipinski definition) is 6. The molecule has 0 aliphatic carbocycles. The van der Waals surface area contributed by atoms with Crippen LogP contribution in [0, 0.1) is 5.82 Å². The van der Waals surface area contributed by atoms with E-state index in [9.17, 15) is 9.18 Å². The summed E-state index contributed by atoms with van der Waals surface area (Å²) in [6.07, 6.45) is 3.56. The lowest BCUT2D eigenvalue weighted by Crippen LogP contribution is -2.32. The van der Waals surface area contributed by atoms with Crippen LogP contribution in [0.3, 0.4) is 0 Å². The van der Waals surface area contributed by atoms with Crippen LogP contribution >= 0.6 is 0 Å². The summed E-state index contributed by atoms with van der Waals surface area (Å²) in [5.41, 5.74) is 2.94. The molecule has 1 aliphatic rings. The maximum atomic E-state index is 13.6. The van der Waals surface area contributed by atoms with Crippen molar-refractivity contribution >= 4 is 17.4 Å². The second-order valence-corrected chi connectivity index (χ2v) is 8.63. The Morgan fingerprint density at radius 3 is 2.68 bits per heavy atom. The third-order valence-electron chi connectivity index (χ3n) is 6.11. The van der Waals surface area contributed by atoms with Gasteiger partial charge in [0.1, 0.15) is 17.7 Å². The van der Waals surface area contributed by atoms with Crippen LogP contribution in [0.15, 0.2) is 60.9 Å². The van der Waals surface area contributed by atoms with Crippen molar-refractivity contribution in [3.63, 3.8) is 0 Å². The first-order valence-electron chi connectivity index (χ1n) is 11.1. The van der Waals surface area contributed by atoms with Gasteiger partial charge >= 0.3 is 0 Å². The van der Waals surface area contributed by atoms with E-state index in [1.807, 2.05) is 45.3 Å². The second-order valence-electron chi connectivity index (χ2n) is 8.63. The van der Waals surface area contributed by atoms with E-state index in [-0.39, 0.29) is 23.9 Å². The minimum atomic E-state index is -0.377. The number of rotatable bonds is 6. The van der Waals surface area contributed by atoms with Crippen LogP contribution in [-0.4, -0.2) is 57.1 Å². The molecule has 0 N–H and O–H groups in total. The first-order valence-corrected chi connectivity index (χ1v) is 11.1. The minimum Gasteiger partial charge on any atom is -0.469 e. The first-order chi connectivity index (χ1) is 16.4. The van der Waals surface area contributed by atoms with Gasteiger partial charge in [-0.3, -0.25) is 9.69 Å². The van der Waals surface area contributed by atoms with Gasteiger partial charge < -0.3 is 9.64 Å². The van der Waals surface area contributed by atoms with Crippen LogP contribution in [0.5, 0.6) is 5.88 Å². The van der Waals surface area contributed by atoms with Crippen LogP contribution in [0.1, 0.15) is 25.0 Å². The highest BCUT2D eigenvalue weighted by Gasteiger charge is 2.32. The summed E-state index contributed by atoms with van der Waals surface area (Å²) in [4.78, 5) is 25.2. The van der Waals surface area contributed by atoms with Crippen LogP contribution < -0.4 is 9.64 Å². The molecule has 174 valence electrons. The molecule has 0 spiro atoms. The molecule has 34 heavy (non-hydrogen) atoms. The Morgan fingerprint density at radius 1 is 1.12 bits per heavy atom. The number of likely N-dealkylation sites (N-methyl/N-ethyl adjacent to an activating group) is 1. The summed E-state index contributed by atoms with van der Waals surface area (Å²) < 4.78 is 21.2. The Kier molecular flexibility index (Phi) is 5.70. The fourth-order valence-electron chi connectivity index (χ4n) is 4.08. The number of hydrogen-bond donors (Lipinski definition) is 0. The molecule has 4 aromatic rings. The predicted molar refractivity (Wildman–Crippen MR) is 126 cm³/mol. The van der Waals surface area contributed by atoms with Crippen molar-refractivity contribution < 1.29 is 13.9 Å². The zero-order valence-corrected chi connectivity index (χ0v) is 19.2. The van der Waals surface area contributed by atoms with Gasteiger partial charge in [0.15, 0.2) is 5.65 Å². The van der Waals surface area contributed by atoms with Crippen LogP contribution in [0.25, 0.3) is 16.9 Å². The van der Waals surface area contributed by atoms with Gasteiger partial charge in [0, 0.05) is 36.8 Å². The van der Waals surface area contributed by atoms with Gasteiger partial charge in [-0.05, 0) is 56.9 Å². The Labute approximate surface area is 196 Å². The van der Waals surface area contributed by atoms with Crippen molar-refractivity contribution in [2.24, 2.45) is 0 Å². The van der Waals surface area contributed by atoms with E-state index < -0.39 is 0 Å². The Hall–Kier alpha value is -3.85. The highest BCUT2D eigenvalue weighted by Crippen LogP contribution is 2.27. The molecule has 9 heteroatoms. The average molecular weight is 461 g/mol. The molecular formula is C25H25FN6O2. The summed E-state index contributed by atoms with van der Waals surface area (Å²) in [6, 6.07) is 13.8. The lowest BCUT2D eigenvalue weighted by Gasteiger charge is -2.19. The summed E-state index contributed by atoms with van der Waals surface area (Å²) in [6.45, 7) is 2.47. The number of imidazole rings is 1. The molecule has 0 bridgehead atoms. The van der Waals surface area contributed by atoms with Crippen molar-refractivity contribution in [3.05, 3.63) is 72.3 Å². The number of halogens is 1. The monoisotopic (exact) mass is 460 g/mol. The predicted octanol–water partition coefficient (Wildman–Crippen LogP) is 3.74. The van der Waals surface area contributed by atoms with E-state index in [0.29, 0.717) is 30.3 Å². The topological polar surface area (TPSA) is 75.9 Å². The molecule has 1 amide bonds. The quantitative estimate of drug-likeness (QED) is 0.436. The van der Waals surface area contributed by atoms with Gasteiger partial charge in [0.2, 0.25) is 11.8 Å². The SMILES string of the molecule is C[C@@H](Oc1ccc2ncc(-c3ccc(N4C[C@@H](N(C)C)CC4=O)nc3)n2n1)c1cccc(F)c1. The highest BCUT2D eigenvalue weighted by molar-refractivity contribution is 5.95. The van der Waals surface area contributed by atoms with Crippen LogP contribution in [-0.2, 0) is 4.79 Å². The Balaban J connectivity index is 1.38. The number of carbonyl (C=O) groups is 1. The van der Waals surface area contributed by atoms with Gasteiger partial charge in [-0.2, -0.15) is 0 Å². The molecule has 8 nitrogen and oxygen atoms in total. The fraction of sp³-hybridized carbons (Fsp3) is 0.280. The number of fused-ring (bicyclic) bond motifs is 1. The number of benzene rings is 1. The van der Waals surface area contributed by atoms with E-state index in [0.717, 1.165) is 16.8 Å². The van der Waals surface area contributed by atoms with Gasteiger partial charge in [-0.25, -0.2) is 18.9 Å². The van der Waals surface area contributed by atoms with Gasteiger partial charge in [0.05, 0.1) is 11.9 Å². The van der Waals surface area contributed by atoms with Crippen molar-refractivity contribution in [2.75, 3.05) is 25.5 Å². The lowest BCUT2D eigenvalue weighted by molar-refractivity contribution is -0.117. The third kappa shape index (κ3) is 4.22. The van der Waals surface area contributed by atoms with Crippen molar-refractivity contribution in [2.45, 2.75) is 25.5 Å². The van der Waals surface area contributed by atoms with E-state index in [1.165, 1.54) is 12.1 Å². The number of pyridine rings is 1. The summed E-state index contributed by atoms with van der Waals surface area (Å²) in [5.74, 6) is 0.792. The average Bonchev–Trinajstić information content (AvgIpc) is 3.43. The fourth-order valence-corrected chi connectivity index (χ4v) is 4.08. The number of carbonyl (C=O) groups excluding carboxylic acids is 1. The van der Waals surface area contributed by atoms with Gasteiger partial charge in [-0.15, -0.1) is 5.10 Å². The maximum absolute atomic E-state index is 13.6.